The molecule has 152 valence electrons. The van der Waals surface area contributed by atoms with Crippen molar-refractivity contribution >= 4 is 17.2 Å². The predicted molar refractivity (Wildman–Crippen MR) is 102 cm³/mol. The highest BCUT2D eigenvalue weighted by Crippen LogP contribution is 2.33. The number of benzene rings is 1. The maximum atomic E-state index is 12.7. The van der Waals surface area contributed by atoms with Crippen LogP contribution in [0.5, 0.6) is 11.5 Å². The first-order chi connectivity index (χ1) is 13.8. The van der Waals surface area contributed by atoms with Crippen LogP contribution >= 0.6 is 11.3 Å². The lowest BCUT2D eigenvalue weighted by Gasteiger charge is -2.22. The molecule has 1 aliphatic rings. The summed E-state index contributed by atoms with van der Waals surface area (Å²) in [4.78, 5) is 18.7. The van der Waals surface area contributed by atoms with Gasteiger partial charge in [0.25, 0.3) is 0 Å². The van der Waals surface area contributed by atoms with E-state index in [2.05, 4.69) is 4.98 Å². The van der Waals surface area contributed by atoms with Crippen molar-refractivity contribution in [2.45, 2.75) is 13.1 Å². The van der Waals surface area contributed by atoms with Crippen LogP contribution in [0.25, 0.3) is 0 Å². The molecule has 0 saturated heterocycles. The summed E-state index contributed by atoms with van der Waals surface area (Å²) in [5.41, 5.74) is 0.956. The van der Waals surface area contributed by atoms with Gasteiger partial charge in [0.1, 0.15) is 11.6 Å². The minimum atomic E-state index is -0.107. The number of nitrogens with zero attached hydrogens (tertiary/aromatic N) is 2. The van der Waals surface area contributed by atoms with Crippen LogP contribution in [-0.2, 0) is 32.1 Å². The van der Waals surface area contributed by atoms with Crippen LogP contribution in [0.1, 0.15) is 10.6 Å². The van der Waals surface area contributed by atoms with Gasteiger partial charge in [-0.05, 0) is 17.7 Å². The second kappa shape index (κ2) is 11.0. The SMILES string of the molecule is COCCOCCOCC(=O)N(Cc1ccc2c(c1)OCO2)Cc1nccs1. The van der Waals surface area contributed by atoms with Crippen molar-refractivity contribution in [3.05, 3.63) is 40.3 Å². The summed E-state index contributed by atoms with van der Waals surface area (Å²) in [6.45, 7) is 2.89. The number of rotatable bonds is 12. The van der Waals surface area contributed by atoms with Crippen molar-refractivity contribution in [2.24, 2.45) is 0 Å². The van der Waals surface area contributed by atoms with Gasteiger partial charge in [-0.25, -0.2) is 4.98 Å². The molecule has 1 amide bonds. The Morgan fingerprint density at radius 1 is 1.14 bits per heavy atom. The maximum Gasteiger partial charge on any atom is 0.249 e. The molecule has 0 N–H and O–H groups in total. The third kappa shape index (κ3) is 6.16. The second-order valence-electron chi connectivity index (χ2n) is 6.02. The van der Waals surface area contributed by atoms with Crippen molar-refractivity contribution in [1.82, 2.24) is 9.88 Å². The summed E-state index contributed by atoms with van der Waals surface area (Å²) in [6, 6.07) is 5.69. The minimum Gasteiger partial charge on any atom is -0.454 e. The smallest absolute Gasteiger partial charge is 0.249 e. The van der Waals surface area contributed by atoms with Crippen LogP contribution in [0.2, 0.25) is 0 Å². The largest absolute Gasteiger partial charge is 0.454 e. The fourth-order valence-corrected chi connectivity index (χ4v) is 3.23. The number of thiazole rings is 1. The van der Waals surface area contributed by atoms with E-state index in [-0.39, 0.29) is 19.3 Å². The number of fused-ring (bicyclic) bond motifs is 1. The van der Waals surface area contributed by atoms with Gasteiger partial charge in [-0.3, -0.25) is 4.79 Å². The van der Waals surface area contributed by atoms with Crippen LogP contribution in [0.15, 0.2) is 29.8 Å². The zero-order valence-electron chi connectivity index (χ0n) is 15.8. The van der Waals surface area contributed by atoms with E-state index in [4.69, 9.17) is 23.7 Å². The monoisotopic (exact) mass is 408 g/mol. The van der Waals surface area contributed by atoms with Gasteiger partial charge in [0.05, 0.1) is 33.0 Å². The lowest BCUT2D eigenvalue weighted by Crippen LogP contribution is -2.33. The van der Waals surface area contributed by atoms with Gasteiger partial charge in [0.2, 0.25) is 12.7 Å². The minimum absolute atomic E-state index is 0.0104. The molecule has 0 aliphatic carbocycles. The van der Waals surface area contributed by atoms with E-state index in [9.17, 15) is 4.79 Å². The van der Waals surface area contributed by atoms with Gasteiger partial charge in [0, 0.05) is 25.2 Å². The third-order valence-corrected chi connectivity index (χ3v) is 4.77. The Morgan fingerprint density at radius 3 is 2.79 bits per heavy atom. The predicted octanol–water partition coefficient (Wildman–Crippen LogP) is 2.08. The van der Waals surface area contributed by atoms with Crippen LogP contribution in [-0.4, -0.2) is 62.7 Å². The fourth-order valence-electron chi connectivity index (χ4n) is 2.60. The van der Waals surface area contributed by atoms with Crippen molar-refractivity contribution < 1.29 is 28.5 Å². The molecule has 2 heterocycles. The van der Waals surface area contributed by atoms with E-state index in [1.807, 2.05) is 23.6 Å². The number of aromatic nitrogens is 1. The molecular weight excluding hydrogens is 384 g/mol. The van der Waals surface area contributed by atoms with Gasteiger partial charge in [0.15, 0.2) is 11.5 Å². The Kier molecular flexibility index (Phi) is 8.04. The first-order valence-electron chi connectivity index (χ1n) is 8.95. The summed E-state index contributed by atoms with van der Waals surface area (Å²) in [6.07, 6.45) is 1.73. The van der Waals surface area contributed by atoms with Crippen LogP contribution in [0.3, 0.4) is 0 Å². The number of amides is 1. The molecular formula is C19H24N2O6S. The molecule has 1 aromatic carbocycles. The summed E-state index contributed by atoms with van der Waals surface area (Å²) < 4.78 is 26.5. The van der Waals surface area contributed by atoms with E-state index >= 15 is 0 Å². The lowest BCUT2D eigenvalue weighted by atomic mass is 10.2. The number of carbonyl (C=O) groups excluding carboxylic acids is 1. The zero-order chi connectivity index (χ0) is 19.6. The highest BCUT2D eigenvalue weighted by Gasteiger charge is 2.19. The molecule has 9 heteroatoms. The van der Waals surface area contributed by atoms with E-state index < -0.39 is 0 Å². The molecule has 0 fully saturated rings. The van der Waals surface area contributed by atoms with Crippen molar-refractivity contribution in [2.75, 3.05) is 46.9 Å². The lowest BCUT2D eigenvalue weighted by molar-refractivity contribution is -0.138. The molecule has 0 saturated carbocycles. The highest BCUT2D eigenvalue weighted by molar-refractivity contribution is 7.09. The molecule has 2 aromatic rings. The van der Waals surface area contributed by atoms with Gasteiger partial charge >= 0.3 is 0 Å². The van der Waals surface area contributed by atoms with Crippen LogP contribution in [0, 0.1) is 0 Å². The molecule has 0 bridgehead atoms. The molecule has 0 spiro atoms. The summed E-state index contributed by atoms with van der Waals surface area (Å²) in [7, 11) is 1.62. The van der Waals surface area contributed by atoms with Gasteiger partial charge in [-0.15, -0.1) is 11.3 Å². The third-order valence-electron chi connectivity index (χ3n) is 4.00. The number of methoxy groups -OCH3 is 1. The van der Waals surface area contributed by atoms with Crippen LogP contribution < -0.4 is 9.47 Å². The van der Waals surface area contributed by atoms with Gasteiger partial charge in [-0.1, -0.05) is 6.07 Å². The molecule has 0 atom stereocenters. The van der Waals surface area contributed by atoms with Gasteiger partial charge in [-0.2, -0.15) is 0 Å². The quantitative estimate of drug-likeness (QED) is 0.498. The molecule has 28 heavy (non-hydrogen) atoms. The number of ether oxygens (including phenoxy) is 5. The number of hydrogen-bond donors (Lipinski definition) is 0. The topological polar surface area (TPSA) is 79.4 Å². The summed E-state index contributed by atoms with van der Waals surface area (Å²) in [5, 5.41) is 2.77. The summed E-state index contributed by atoms with van der Waals surface area (Å²) >= 11 is 1.52. The average Bonchev–Trinajstić information content (AvgIpc) is 3.38. The number of carbonyl (C=O) groups is 1. The Labute approximate surface area is 167 Å². The van der Waals surface area contributed by atoms with Gasteiger partial charge < -0.3 is 28.6 Å². The van der Waals surface area contributed by atoms with Crippen LogP contribution in [0.4, 0.5) is 0 Å². The van der Waals surface area contributed by atoms with E-state index in [0.717, 1.165) is 16.3 Å². The highest BCUT2D eigenvalue weighted by atomic mass is 32.1. The van der Waals surface area contributed by atoms with E-state index in [1.165, 1.54) is 11.3 Å². The fraction of sp³-hybridized carbons (Fsp3) is 0.474. The average molecular weight is 408 g/mol. The molecule has 3 rings (SSSR count). The first kappa shape index (κ1) is 20.5. The molecule has 0 unspecified atom stereocenters. The zero-order valence-corrected chi connectivity index (χ0v) is 16.6. The molecule has 1 aliphatic heterocycles. The summed E-state index contributed by atoms with van der Waals surface area (Å²) in [5.74, 6) is 1.31. The van der Waals surface area contributed by atoms with E-state index in [0.29, 0.717) is 45.3 Å². The molecule has 0 radical (unpaired) electrons. The van der Waals surface area contributed by atoms with E-state index in [1.54, 1.807) is 18.2 Å². The number of hydrogen-bond acceptors (Lipinski definition) is 8. The Morgan fingerprint density at radius 2 is 1.96 bits per heavy atom. The molecule has 1 aromatic heterocycles. The normalized spacial score (nSPS) is 12.3. The van der Waals surface area contributed by atoms with Crippen molar-refractivity contribution in [1.29, 1.82) is 0 Å². The van der Waals surface area contributed by atoms with Crippen molar-refractivity contribution in [3.63, 3.8) is 0 Å². The van der Waals surface area contributed by atoms with Crippen molar-refractivity contribution in [3.8, 4) is 11.5 Å². The maximum absolute atomic E-state index is 12.7. The Hall–Kier alpha value is -2.20. The Bertz CT molecular complexity index is 740. The second-order valence-corrected chi connectivity index (χ2v) is 7.00. The first-order valence-corrected chi connectivity index (χ1v) is 9.83. The standard InChI is InChI=1S/C19H24N2O6S/c1-23-5-6-24-7-8-25-13-19(22)21(12-18-20-4-9-28-18)11-15-2-3-16-17(10-15)27-14-26-16/h2-4,9-10H,5-8,11-14H2,1H3. The molecule has 8 nitrogen and oxygen atoms in total. The Balaban J connectivity index is 1.53.